The normalized spacial score (nSPS) is 21.4. The Morgan fingerprint density at radius 2 is 2.50 bits per heavy atom. The van der Waals surface area contributed by atoms with E-state index in [0.29, 0.717) is 6.61 Å². The van der Waals surface area contributed by atoms with Crippen LogP contribution in [0.5, 0.6) is 0 Å². The third kappa shape index (κ3) is 5.68. The minimum absolute atomic E-state index is 0.695. The quantitative estimate of drug-likeness (QED) is 0.518. The molecule has 1 aliphatic heterocycles. The zero-order chi connectivity index (χ0) is 10.2. The van der Waals surface area contributed by atoms with Crippen molar-refractivity contribution in [3.05, 3.63) is 12.2 Å². The Kier molecular flexibility index (Phi) is 6.32. The van der Waals surface area contributed by atoms with Gasteiger partial charge in [0.1, 0.15) is 0 Å². The van der Waals surface area contributed by atoms with Crippen molar-refractivity contribution < 1.29 is 4.74 Å². The van der Waals surface area contributed by atoms with Crippen molar-refractivity contribution in [2.45, 2.75) is 13.3 Å². The van der Waals surface area contributed by atoms with Gasteiger partial charge in [-0.15, -0.1) is 0 Å². The molecule has 0 aromatic rings. The average Bonchev–Trinajstić information content (AvgIpc) is 2.63. The van der Waals surface area contributed by atoms with Crippen molar-refractivity contribution >= 4 is 11.8 Å². The number of hydrogen-bond donors (Lipinski definition) is 1. The van der Waals surface area contributed by atoms with Crippen molar-refractivity contribution in [1.82, 2.24) is 5.32 Å². The molecule has 14 heavy (non-hydrogen) atoms. The van der Waals surface area contributed by atoms with Gasteiger partial charge in [0.05, 0.1) is 13.2 Å². The lowest BCUT2D eigenvalue weighted by molar-refractivity contribution is 0.157. The van der Waals surface area contributed by atoms with Crippen LogP contribution in [0, 0.1) is 5.92 Å². The van der Waals surface area contributed by atoms with Crippen LogP contribution < -0.4 is 5.32 Å². The maximum absolute atomic E-state index is 5.39. The molecular weight excluding hydrogens is 194 g/mol. The third-order valence-electron chi connectivity index (χ3n) is 2.23. The smallest absolute Gasteiger partial charge is 0.0672 e. The molecule has 0 aliphatic carbocycles. The van der Waals surface area contributed by atoms with E-state index in [4.69, 9.17) is 4.74 Å². The van der Waals surface area contributed by atoms with Crippen LogP contribution in [-0.2, 0) is 4.74 Å². The van der Waals surface area contributed by atoms with E-state index in [1.165, 1.54) is 17.9 Å². The Morgan fingerprint density at radius 1 is 1.64 bits per heavy atom. The van der Waals surface area contributed by atoms with Gasteiger partial charge in [-0.1, -0.05) is 12.2 Å². The summed E-state index contributed by atoms with van der Waals surface area (Å²) in [5, 5.41) is 3.43. The summed E-state index contributed by atoms with van der Waals surface area (Å²) in [6.07, 6.45) is 1.38. The number of ether oxygens (including phenoxy) is 1. The van der Waals surface area contributed by atoms with Gasteiger partial charge < -0.3 is 10.1 Å². The van der Waals surface area contributed by atoms with Gasteiger partial charge in [0.2, 0.25) is 0 Å². The molecule has 0 bridgehead atoms. The summed E-state index contributed by atoms with van der Waals surface area (Å²) in [7, 11) is 0. The molecule has 0 radical (unpaired) electrons. The molecule has 2 nitrogen and oxygen atoms in total. The fourth-order valence-corrected chi connectivity index (χ4v) is 2.73. The average molecular weight is 215 g/mol. The van der Waals surface area contributed by atoms with Crippen LogP contribution in [-0.4, -0.2) is 37.8 Å². The van der Waals surface area contributed by atoms with E-state index in [1.807, 2.05) is 6.92 Å². The second-order valence-corrected chi connectivity index (χ2v) is 5.09. The first-order chi connectivity index (χ1) is 6.79. The number of hydrogen-bond acceptors (Lipinski definition) is 3. The van der Waals surface area contributed by atoms with Gasteiger partial charge in [0.25, 0.3) is 0 Å². The van der Waals surface area contributed by atoms with Crippen LogP contribution in [0.15, 0.2) is 12.2 Å². The summed E-state index contributed by atoms with van der Waals surface area (Å²) in [6.45, 7) is 9.39. The molecule has 1 aliphatic rings. The highest BCUT2D eigenvalue weighted by molar-refractivity contribution is 7.99. The monoisotopic (exact) mass is 215 g/mol. The van der Waals surface area contributed by atoms with Crippen LogP contribution in [0.25, 0.3) is 0 Å². The van der Waals surface area contributed by atoms with E-state index < -0.39 is 0 Å². The highest BCUT2D eigenvalue weighted by Crippen LogP contribution is 2.22. The maximum atomic E-state index is 5.39. The Morgan fingerprint density at radius 3 is 3.14 bits per heavy atom. The zero-order valence-electron chi connectivity index (χ0n) is 9.05. The summed E-state index contributed by atoms with van der Waals surface area (Å²) >= 11 is 2.07. The van der Waals surface area contributed by atoms with Gasteiger partial charge in [-0.05, 0) is 37.3 Å². The van der Waals surface area contributed by atoms with Crippen LogP contribution in [0.2, 0.25) is 0 Å². The van der Waals surface area contributed by atoms with Gasteiger partial charge in [-0.25, -0.2) is 0 Å². The predicted molar refractivity (Wildman–Crippen MR) is 63.9 cm³/mol. The lowest BCUT2D eigenvalue weighted by Crippen LogP contribution is -2.26. The minimum atomic E-state index is 0.695. The number of rotatable bonds is 7. The van der Waals surface area contributed by atoms with Gasteiger partial charge in [-0.2, -0.15) is 11.8 Å². The summed E-state index contributed by atoms with van der Waals surface area (Å²) in [5.74, 6) is 3.57. The molecule has 1 unspecified atom stereocenters. The molecule has 1 heterocycles. The van der Waals surface area contributed by atoms with Crippen molar-refractivity contribution in [2.75, 3.05) is 37.8 Å². The molecule has 1 rings (SSSR count). The molecule has 0 amide bonds. The Bertz CT molecular complexity index is 167. The molecule has 0 aromatic heterocycles. The largest absolute Gasteiger partial charge is 0.376 e. The van der Waals surface area contributed by atoms with Crippen molar-refractivity contribution in [3.8, 4) is 0 Å². The van der Waals surface area contributed by atoms with E-state index in [-0.39, 0.29) is 0 Å². The Labute approximate surface area is 91.5 Å². The fourth-order valence-electron chi connectivity index (χ4n) is 1.44. The second kappa shape index (κ2) is 7.32. The molecule has 0 spiro atoms. The minimum Gasteiger partial charge on any atom is -0.376 e. The molecule has 1 saturated heterocycles. The van der Waals surface area contributed by atoms with Gasteiger partial charge in [0.15, 0.2) is 0 Å². The first-order valence-corrected chi connectivity index (χ1v) is 6.45. The van der Waals surface area contributed by atoms with E-state index in [2.05, 4.69) is 23.7 Å². The molecule has 82 valence electrons. The summed E-state index contributed by atoms with van der Waals surface area (Å²) in [5.41, 5.74) is 1.09. The lowest BCUT2D eigenvalue weighted by atomic mass is 10.1. The highest BCUT2D eigenvalue weighted by atomic mass is 32.2. The lowest BCUT2D eigenvalue weighted by Gasteiger charge is -2.09. The molecular formula is C11H21NOS. The van der Waals surface area contributed by atoms with E-state index in [9.17, 15) is 0 Å². The Hall–Kier alpha value is 0.0100. The molecule has 0 aromatic carbocycles. The molecule has 0 saturated carbocycles. The standard InChI is InChI=1S/C11H21NOS/c1-10(2)8-13-5-4-12-7-11-3-6-14-9-11/h11-12H,1,3-9H2,2H3. The summed E-state index contributed by atoms with van der Waals surface area (Å²) in [4.78, 5) is 0. The van der Waals surface area contributed by atoms with Crippen molar-refractivity contribution in [2.24, 2.45) is 5.92 Å². The number of thioether (sulfide) groups is 1. The predicted octanol–water partition coefficient (Wildman–Crippen LogP) is 1.92. The zero-order valence-corrected chi connectivity index (χ0v) is 9.87. The fraction of sp³-hybridized carbons (Fsp3) is 0.818. The van der Waals surface area contributed by atoms with Gasteiger partial charge >= 0.3 is 0 Å². The molecule has 1 atom stereocenters. The Balaban J connectivity index is 1.82. The van der Waals surface area contributed by atoms with E-state index >= 15 is 0 Å². The van der Waals surface area contributed by atoms with Crippen molar-refractivity contribution in [3.63, 3.8) is 0 Å². The van der Waals surface area contributed by atoms with Crippen LogP contribution >= 0.6 is 11.8 Å². The van der Waals surface area contributed by atoms with Crippen LogP contribution in [0.3, 0.4) is 0 Å². The molecule has 1 fully saturated rings. The molecule has 3 heteroatoms. The number of nitrogens with one attached hydrogen (secondary N) is 1. The van der Waals surface area contributed by atoms with Gasteiger partial charge in [-0.3, -0.25) is 0 Å². The van der Waals surface area contributed by atoms with Crippen LogP contribution in [0.4, 0.5) is 0 Å². The highest BCUT2D eigenvalue weighted by Gasteiger charge is 2.14. The molecule has 1 N–H and O–H groups in total. The first kappa shape index (κ1) is 12.1. The third-order valence-corrected chi connectivity index (χ3v) is 3.46. The second-order valence-electron chi connectivity index (χ2n) is 3.94. The summed E-state index contributed by atoms with van der Waals surface area (Å²) < 4.78 is 5.39. The van der Waals surface area contributed by atoms with Gasteiger partial charge in [0, 0.05) is 6.54 Å². The van der Waals surface area contributed by atoms with Crippen molar-refractivity contribution in [1.29, 1.82) is 0 Å². The van der Waals surface area contributed by atoms with Crippen LogP contribution in [0.1, 0.15) is 13.3 Å². The first-order valence-electron chi connectivity index (χ1n) is 5.29. The van der Waals surface area contributed by atoms with E-state index in [1.54, 1.807) is 0 Å². The topological polar surface area (TPSA) is 21.3 Å². The summed E-state index contributed by atoms with van der Waals surface area (Å²) in [6, 6.07) is 0. The maximum Gasteiger partial charge on any atom is 0.0672 e. The SMILES string of the molecule is C=C(C)COCCNCC1CCSC1. The van der Waals surface area contributed by atoms with E-state index in [0.717, 1.165) is 31.2 Å².